The summed E-state index contributed by atoms with van der Waals surface area (Å²) < 4.78 is 0. The smallest absolute Gasteiger partial charge is 0.333 e. The van der Waals surface area contributed by atoms with Crippen LogP contribution in [0.1, 0.15) is 108 Å². The van der Waals surface area contributed by atoms with Crippen molar-refractivity contribution in [2.75, 3.05) is 9.71 Å². The van der Waals surface area contributed by atoms with Crippen LogP contribution in [0.5, 0.6) is 0 Å². The molecule has 6 aromatic rings. The zero-order valence-corrected chi connectivity index (χ0v) is 33.8. The summed E-state index contributed by atoms with van der Waals surface area (Å²) in [7, 11) is 0. The number of benzene rings is 6. The summed E-state index contributed by atoms with van der Waals surface area (Å²) in [4.78, 5) is 5.39. The minimum atomic E-state index is -0.138. The molecule has 0 spiro atoms. The summed E-state index contributed by atoms with van der Waals surface area (Å²) in [6.45, 7) is 17.1. The van der Waals surface area contributed by atoms with Crippen molar-refractivity contribution in [3.05, 3.63) is 149 Å². The number of rotatable bonds is 6. The van der Waals surface area contributed by atoms with E-state index < -0.39 is 0 Å². The van der Waals surface area contributed by atoms with E-state index in [0.29, 0.717) is 0 Å². The molecule has 274 valence electrons. The summed E-state index contributed by atoms with van der Waals surface area (Å²) in [5.74, 6) is 0. The molecule has 0 saturated heterocycles. The lowest BCUT2D eigenvalue weighted by molar-refractivity contribution is 0.332. The second-order valence-electron chi connectivity index (χ2n) is 18.6. The fraction of sp³-hybridized carbons (Fsp3) is 0.308. The largest absolute Gasteiger partial charge is 0.376 e. The first-order valence-corrected chi connectivity index (χ1v) is 20.8. The number of aryl methyl sites for hydroxylation is 1. The minimum Gasteiger partial charge on any atom is -0.376 e. The summed E-state index contributed by atoms with van der Waals surface area (Å²) in [5.41, 5.74) is 22.1. The quantitative estimate of drug-likeness (QED) is 0.125. The first kappa shape index (κ1) is 34.5. The van der Waals surface area contributed by atoms with Crippen LogP contribution in [0.25, 0.3) is 22.3 Å². The van der Waals surface area contributed by atoms with Gasteiger partial charge in [0.25, 0.3) is 0 Å². The van der Waals surface area contributed by atoms with Crippen LogP contribution in [-0.4, -0.2) is 6.85 Å². The average Bonchev–Trinajstić information content (AvgIpc) is 3.19. The number of fused-ring (bicyclic) bond motifs is 7. The Morgan fingerprint density at radius 2 is 1.24 bits per heavy atom. The molecule has 0 amide bonds. The van der Waals surface area contributed by atoms with Gasteiger partial charge in [0, 0.05) is 33.7 Å². The second-order valence-corrected chi connectivity index (χ2v) is 18.6. The molecule has 0 bridgehead atoms. The minimum absolute atomic E-state index is 0.0230. The van der Waals surface area contributed by atoms with E-state index in [4.69, 9.17) is 0 Å². The Bertz CT molecular complexity index is 2490. The van der Waals surface area contributed by atoms with Crippen LogP contribution in [0.4, 0.5) is 28.4 Å². The highest BCUT2D eigenvalue weighted by Gasteiger charge is 2.50. The Labute approximate surface area is 329 Å². The van der Waals surface area contributed by atoms with Crippen LogP contribution in [0, 0.1) is 0 Å². The number of hydrogen-bond donors (Lipinski definition) is 0. The van der Waals surface area contributed by atoms with Crippen LogP contribution in [0.15, 0.2) is 121 Å². The molecule has 4 aliphatic rings. The lowest BCUT2D eigenvalue weighted by Gasteiger charge is -2.51. The maximum absolute atomic E-state index is 2.73. The van der Waals surface area contributed by atoms with Gasteiger partial charge in [-0.1, -0.05) is 146 Å². The van der Waals surface area contributed by atoms with Gasteiger partial charge in [-0.2, -0.15) is 0 Å². The van der Waals surface area contributed by atoms with E-state index >= 15 is 0 Å². The zero-order chi connectivity index (χ0) is 37.9. The van der Waals surface area contributed by atoms with Crippen molar-refractivity contribution >= 4 is 46.2 Å². The van der Waals surface area contributed by atoms with Crippen molar-refractivity contribution in [3.63, 3.8) is 0 Å². The highest BCUT2D eigenvalue weighted by atomic mass is 15.2. The lowest BCUT2D eigenvalue weighted by atomic mass is 9.42. The number of para-hydroxylation sites is 2. The lowest BCUT2D eigenvalue weighted by Crippen LogP contribution is -2.62. The van der Waals surface area contributed by atoms with E-state index in [1.807, 2.05) is 0 Å². The molecule has 2 nitrogen and oxygen atoms in total. The van der Waals surface area contributed by atoms with Gasteiger partial charge in [0.15, 0.2) is 0 Å². The van der Waals surface area contributed by atoms with Gasteiger partial charge in [-0.15, -0.1) is 0 Å². The molecule has 1 aliphatic carbocycles. The third-order valence-electron chi connectivity index (χ3n) is 13.9. The van der Waals surface area contributed by atoms with Crippen LogP contribution in [0.3, 0.4) is 0 Å². The number of unbranched alkanes of at least 4 members (excludes halogenated alkanes) is 2. The molecule has 3 heterocycles. The van der Waals surface area contributed by atoms with Crippen molar-refractivity contribution in [1.29, 1.82) is 0 Å². The Balaban J connectivity index is 1.31. The van der Waals surface area contributed by atoms with Crippen molar-refractivity contribution in [1.82, 2.24) is 0 Å². The standard InChI is InChI=1S/C52H53BN2/c1-8-9-11-17-34-30-39-38-32-42-43(51(4,5)29-28-50(42,2)3)33-46(38)55(37-26-24-36(25-27-37)35-18-12-10-13-19-35)53-44-22-16-21-41-49(44)54(47(31-34)48(39)53)45-23-15-14-20-40(45)52(41,6)7/h10,12-16,18-27,30-33H,8-9,11,17,28-29H2,1-7H3. The molecule has 0 radical (unpaired) electrons. The van der Waals surface area contributed by atoms with E-state index in [9.17, 15) is 0 Å². The first-order chi connectivity index (χ1) is 26.5. The molecule has 0 unspecified atom stereocenters. The molecule has 3 heteroatoms. The molecule has 10 rings (SSSR count). The van der Waals surface area contributed by atoms with Gasteiger partial charge in [-0.05, 0) is 128 Å². The van der Waals surface area contributed by atoms with Crippen LogP contribution in [-0.2, 0) is 22.7 Å². The van der Waals surface area contributed by atoms with E-state index in [-0.39, 0.29) is 23.1 Å². The fourth-order valence-corrected chi connectivity index (χ4v) is 10.7. The van der Waals surface area contributed by atoms with Gasteiger partial charge in [0.1, 0.15) is 0 Å². The molecule has 0 atom stereocenters. The van der Waals surface area contributed by atoms with E-state index in [1.165, 1.54) is 122 Å². The van der Waals surface area contributed by atoms with E-state index in [1.54, 1.807) is 0 Å². The summed E-state index contributed by atoms with van der Waals surface area (Å²) in [5, 5.41) is 0. The molecule has 3 aliphatic heterocycles. The fourth-order valence-electron chi connectivity index (χ4n) is 10.7. The van der Waals surface area contributed by atoms with Crippen molar-refractivity contribution in [2.24, 2.45) is 0 Å². The second kappa shape index (κ2) is 12.2. The summed E-state index contributed by atoms with van der Waals surface area (Å²) in [6.07, 6.45) is 7.18. The van der Waals surface area contributed by atoms with Gasteiger partial charge >= 0.3 is 6.85 Å². The SMILES string of the molecule is CCCCCc1cc2c3c(c1)N1c4ccccc4C(C)(C)c4cccc(c41)B3N(c1ccc(-c3ccccc3)cc1)c1cc3c(cc1-2)C(C)(C)CCC3(C)C. The Hall–Kier alpha value is -5.02. The predicted octanol–water partition coefficient (Wildman–Crippen LogP) is 12.8. The molecular formula is C52H53BN2. The third kappa shape index (κ3) is 5.07. The average molecular weight is 717 g/mol. The van der Waals surface area contributed by atoms with Crippen molar-refractivity contribution in [3.8, 4) is 22.3 Å². The topological polar surface area (TPSA) is 6.48 Å². The van der Waals surface area contributed by atoms with Gasteiger partial charge in [0.05, 0.1) is 5.69 Å². The maximum Gasteiger partial charge on any atom is 0.333 e. The van der Waals surface area contributed by atoms with Gasteiger partial charge in [0.2, 0.25) is 0 Å². The normalized spacial score (nSPS) is 17.5. The monoisotopic (exact) mass is 716 g/mol. The highest BCUT2D eigenvalue weighted by molar-refractivity contribution is 6.93. The maximum atomic E-state index is 2.73. The Morgan fingerprint density at radius 3 is 1.98 bits per heavy atom. The van der Waals surface area contributed by atoms with Crippen molar-refractivity contribution in [2.45, 2.75) is 103 Å². The molecule has 0 saturated carbocycles. The number of anilines is 5. The number of hydrogen-bond acceptors (Lipinski definition) is 2. The van der Waals surface area contributed by atoms with Crippen LogP contribution in [0.2, 0.25) is 0 Å². The molecule has 0 aromatic heterocycles. The molecule has 0 N–H and O–H groups in total. The van der Waals surface area contributed by atoms with E-state index in [2.05, 4.69) is 180 Å². The molecule has 6 aromatic carbocycles. The number of nitrogens with zero attached hydrogens (tertiary/aromatic N) is 2. The Morgan fingerprint density at radius 1 is 0.564 bits per heavy atom. The summed E-state index contributed by atoms with van der Waals surface area (Å²) >= 11 is 0. The third-order valence-corrected chi connectivity index (χ3v) is 13.9. The molecule has 0 fully saturated rings. The van der Waals surface area contributed by atoms with Gasteiger partial charge in [-0.25, -0.2) is 0 Å². The van der Waals surface area contributed by atoms with Gasteiger partial charge < -0.3 is 9.71 Å². The van der Waals surface area contributed by atoms with Crippen molar-refractivity contribution < 1.29 is 0 Å². The molecular weight excluding hydrogens is 663 g/mol. The van der Waals surface area contributed by atoms with E-state index in [0.717, 1.165) is 6.42 Å². The van der Waals surface area contributed by atoms with Crippen LogP contribution < -0.4 is 20.6 Å². The predicted molar refractivity (Wildman–Crippen MR) is 236 cm³/mol. The first-order valence-electron chi connectivity index (χ1n) is 20.8. The van der Waals surface area contributed by atoms with Gasteiger partial charge in [-0.3, -0.25) is 0 Å². The molecule has 55 heavy (non-hydrogen) atoms. The Kier molecular flexibility index (Phi) is 7.67. The van der Waals surface area contributed by atoms with Crippen LogP contribution >= 0.6 is 0 Å². The zero-order valence-electron chi connectivity index (χ0n) is 33.8. The summed E-state index contributed by atoms with van der Waals surface area (Å²) in [6, 6.07) is 47.0. The highest BCUT2D eigenvalue weighted by Crippen LogP contribution is 2.56.